The van der Waals surface area contributed by atoms with E-state index in [0.29, 0.717) is 0 Å². The minimum atomic E-state index is -1.74. The van der Waals surface area contributed by atoms with Gasteiger partial charge >= 0.3 is 0 Å². The largest absolute Gasteiger partial charge is 0.409 e. The SMILES string of the molecule is CC#C[C@@H](C)[C@H](/C=C\CBr)O[Si](C)(C)C(C)(C)C. The number of halogens is 1. The van der Waals surface area contributed by atoms with Crippen molar-refractivity contribution in [3.05, 3.63) is 12.2 Å². The predicted molar refractivity (Wildman–Crippen MR) is 87.6 cm³/mol. The minimum Gasteiger partial charge on any atom is -0.409 e. The fourth-order valence-electron chi connectivity index (χ4n) is 1.32. The fourth-order valence-corrected chi connectivity index (χ4v) is 2.85. The second kappa shape index (κ2) is 7.52. The van der Waals surface area contributed by atoms with Crippen LogP contribution in [0.3, 0.4) is 0 Å². The molecule has 0 radical (unpaired) electrons. The third-order valence-electron chi connectivity index (χ3n) is 3.52. The van der Waals surface area contributed by atoms with Gasteiger partial charge in [0.15, 0.2) is 8.32 Å². The Morgan fingerprint density at radius 3 is 2.28 bits per heavy atom. The molecule has 0 aromatic rings. The highest BCUT2D eigenvalue weighted by molar-refractivity contribution is 9.09. The molecule has 0 spiro atoms. The first-order valence-corrected chi connectivity index (χ1v) is 10.5. The summed E-state index contributed by atoms with van der Waals surface area (Å²) in [4.78, 5) is 0. The van der Waals surface area contributed by atoms with Gasteiger partial charge in [-0.3, -0.25) is 0 Å². The molecule has 0 aromatic carbocycles. The van der Waals surface area contributed by atoms with Crippen LogP contribution in [-0.2, 0) is 4.43 Å². The third kappa shape index (κ3) is 5.73. The van der Waals surface area contributed by atoms with Crippen LogP contribution < -0.4 is 0 Å². The summed E-state index contributed by atoms with van der Waals surface area (Å²) in [6, 6.07) is 0. The van der Waals surface area contributed by atoms with Gasteiger partial charge in [-0.15, -0.1) is 5.92 Å². The van der Waals surface area contributed by atoms with E-state index >= 15 is 0 Å². The summed E-state index contributed by atoms with van der Waals surface area (Å²) in [5, 5.41) is 1.09. The molecule has 0 saturated heterocycles. The Balaban J connectivity index is 4.99. The molecule has 0 rings (SSSR count). The number of allylic oxidation sites excluding steroid dienone is 1. The van der Waals surface area contributed by atoms with Crippen LogP contribution in [0, 0.1) is 17.8 Å². The summed E-state index contributed by atoms with van der Waals surface area (Å²) in [5.41, 5.74) is 0. The zero-order valence-electron chi connectivity index (χ0n) is 12.8. The molecule has 0 amide bonds. The molecule has 18 heavy (non-hydrogen) atoms. The molecule has 0 heterocycles. The molecule has 0 aliphatic carbocycles. The summed E-state index contributed by atoms with van der Waals surface area (Å²) >= 11 is 3.42. The summed E-state index contributed by atoms with van der Waals surface area (Å²) in [6.07, 6.45) is 4.34. The Bertz CT molecular complexity index is 331. The fraction of sp³-hybridized carbons (Fsp3) is 0.733. The molecule has 0 fully saturated rings. The van der Waals surface area contributed by atoms with E-state index in [1.165, 1.54) is 0 Å². The molecule has 0 aliphatic rings. The number of hydrogen-bond donors (Lipinski definition) is 0. The maximum absolute atomic E-state index is 6.45. The molecular weight excluding hydrogens is 304 g/mol. The number of hydrogen-bond acceptors (Lipinski definition) is 1. The van der Waals surface area contributed by atoms with Crippen LogP contribution in [0.1, 0.15) is 34.6 Å². The molecule has 0 saturated carbocycles. The Labute approximate surface area is 123 Å². The number of rotatable bonds is 5. The number of alkyl halides is 1. The van der Waals surface area contributed by atoms with Gasteiger partial charge < -0.3 is 4.43 Å². The van der Waals surface area contributed by atoms with Crippen LogP contribution in [0.4, 0.5) is 0 Å². The normalized spacial score (nSPS) is 16.2. The van der Waals surface area contributed by atoms with E-state index in [0.717, 1.165) is 5.33 Å². The van der Waals surface area contributed by atoms with Gasteiger partial charge in [-0.25, -0.2) is 0 Å². The van der Waals surface area contributed by atoms with Gasteiger partial charge in [0.2, 0.25) is 0 Å². The maximum Gasteiger partial charge on any atom is 0.192 e. The highest BCUT2D eigenvalue weighted by Gasteiger charge is 2.39. The van der Waals surface area contributed by atoms with Gasteiger partial charge in [-0.05, 0) is 32.0 Å². The molecule has 0 bridgehead atoms. The molecule has 0 unspecified atom stereocenters. The van der Waals surface area contributed by atoms with Crippen LogP contribution in [0.25, 0.3) is 0 Å². The van der Waals surface area contributed by atoms with Gasteiger partial charge in [0.05, 0.1) is 6.10 Å². The van der Waals surface area contributed by atoms with E-state index in [2.05, 4.69) is 80.7 Å². The Kier molecular flexibility index (Phi) is 7.50. The van der Waals surface area contributed by atoms with Crippen LogP contribution in [0.2, 0.25) is 18.1 Å². The molecule has 3 heteroatoms. The first kappa shape index (κ1) is 18.0. The van der Waals surface area contributed by atoms with Gasteiger partial charge in [0, 0.05) is 11.2 Å². The van der Waals surface area contributed by atoms with E-state index < -0.39 is 8.32 Å². The first-order valence-electron chi connectivity index (χ1n) is 6.48. The molecule has 2 atom stereocenters. The van der Waals surface area contributed by atoms with Crippen molar-refractivity contribution in [3.63, 3.8) is 0 Å². The summed E-state index contributed by atoms with van der Waals surface area (Å²) in [5.74, 6) is 6.43. The Morgan fingerprint density at radius 1 is 1.33 bits per heavy atom. The lowest BCUT2D eigenvalue weighted by molar-refractivity contribution is 0.193. The van der Waals surface area contributed by atoms with Crippen LogP contribution in [0.15, 0.2) is 12.2 Å². The molecule has 0 aliphatic heterocycles. The third-order valence-corrected chi connectivity index (χ3v) is 8.36. The Hall–Kier alpha value is -0.0431. The lowest BCUT2D eigenvalue weighted by atomic mass is 10.1. The van der Waals surface area contributed by atoms with E-state index in [4.69, 9.17) is 4.43 Å². The summed E-state index contributed by atoms with van der Waals surface area (Å²) in [7, 11) is -1.74. The summed E-state index contributed by atoms with van der Waals surface area (Å²) in [6.45, 7) is 15.4. The van der Waals surface area contributed by atoms with Gasteiger partial charge in [-0.1, -0.05) is 54.8 Å². The second-order valence-electron chi connectivity index (χ2n) is 6.11. The zero-order valence-corrected chi connectivity index (χ0v) is 15.4. The van der Waals surface area contributed by atoms with E-state index in [9.17, 15) is 0 Å². The minimum absolute atomic E-state index is 0.0934. The van der Waals surface area contributed by atoms with Gasteiger partial charge in [-0.2, -0.15) is 0 Å². The van der Waals surface area contributed by atoms with Crippen LogP contribution >= 0.6 is 15.9 Å². The van der Waals surface area contributed by atoms with Crippen molar-refractivity contribution in [2.24, 2.45) is 5.92 Å². The molecular formula is C15H27BrOSi. The smallest absolute Gasteiger partial charge is 0.192 e. The van der Waals surface area contributed by atoms with E-state index in [1.54, 1.807) is 0 Å². The van der Waals surface area contributed by atoms with Gasteiger partial charge in [0.1, 0.15) is 0 Å². The quantitative estimate of drug-likeness (QED) is 0.298. The monoisotopic (exact) mass is 330 g/mol. The van der Waals surface area contributed by atoms with E-state index in [-0.39, 0.29) is 17.1 Å². The zero-order chi connectivity index (χ0) is 14.4. The second-order valence-corrected chi connectivity index (χ2v) is 11.5. The lowest BCUT2D eigenvalue weighted by Crippen LogP contribution is -2.44. The lowest BCUT2D eigenvalue weighted by Gasteiger charge is -2.39. The highest BCUT2D eigenvalue weighted by Crippen LogP contribution is 2.38. The van der Waals surface area contributed by atoms with E-state index in [1.807, 2.05) is 6.92 Å². The molecule has 0 N–H and O–H groups in total. The van der Waals surface area contributed by atoms with Crippen molar-refractivity contribution in [2.45, 2.75) is 58.9 Å². The molecule has 0 aromatic heterocycles. The van der Waals surface area contributed by atoms with Crippen molar-refractivity contribution in [2.75, 3.05) is 5.33 Å². The van der Waals surface area contributed by atoms with Gasteiger partial charge in [0.25, 0.3) is 0 Å². The average molecular weight is 331 g/mol. The van der Waals surface area contributed by atoms with Crippen LogP contribution in [0.5, 0.6) is 0 Å². The topological polar surface area (TPSA) is 9.23 Å². The van der Waals surface area contributed by atoms with Crippen molar-refractivity contribution in [3.8, 4) is 11.8 Å². The van der Waals surface area contributed by atoms with Crippen molar-refractivity contribution in [1.29, 1.82) is 0 Å². The van der Waals surface area contributed by atoms with Crippen LogP contribution in [-0.4, -0.2) is 19.8 Å². The summed E-state index contributed by atoms with van der Waals surface area (Å²) < 4.78 is 6.45. The molecule has 1 nitrogen and oxygen atoms in total. The molecule has 104 valence electrons. The highest BCUT2D eigenvalue weighted by atomic mass is 79.9. The standard InChI is InChI=1S/C15H27BrOSi/c1-8-10-13(2)14(11-9-12-16)17-18(6,7)15(3,4)5/h9,11,13-14H,12H2,1-7H3/b11-9-/t13-,14+/m1/s1. The average Bonchev–Trinajstić information content (AvgIpc) is 2.22. The van der Waals surface area contributed by atoms with Crippen molar-refractivity contribution >= 4 is 24.2 Å². The van der Waals surface area contributed by atoms with Crippen molar-refractivity contribution < 1.29 is 4.43 Å². The van der Waals surface area contributed by atoms with Crippen molar-refractivity contribution in [1.82, 2.24) is 0 Å². The first-order chi connectivity index (χ1) is 8.15. The predicted octanol–water partition coefficient (Wildman–Crippen LogP) is 4.99. The Morgan fingerprint density at radius 2 is 1.89 bits per heavy atom. The maximum atomic E-state index is 6.45.